The van der Waals surface area contributed by atoms with Gasteiger partial charge in [-0.25, -0.2) is 0 Å². The van der Waals surface area contributed by atoms with Crippen molar-refractivity contribution in [2.75, 3.05) is 0 Å². The van der Waals surface area contributed by atoms with Crippen LogP contribution in [-0.4, -0.2) is 10.2 Å². The molecule has 0 radical (unpaired) electrons. The molecule has 2 atom stereocenters. The standard InChI is InChI=1S/C29H48O2/c1-24(2,3)20-17-28(26(7,8)9,15-13-22(20)30)19-29(27(10,11)12)16-14-23(31)21(18-29)25(4,5)6/h13-16,30-31H,17-19H2,1-12H3. The fourth-order valence-corrected chi connectivity index (χ4v) is 5.27. The molecule has 0 aliphatic heterocycles. The molecule has 2 N–H and O–H groups in total. The van der Waals surface area contributed by atoms with Gasteiger partial charge in [-0.3, -0.25) is 0 Å². The van der Waals surface area contributed by atoms with Gasteiger partial charge in [-0.05, 0) is 75.1 Å². The highest BCUT2D eigenvalue weighted by molar-refractivity contribution is 5.37. The van der Waals surface area contributed by atoms with Crippen LogP contribution in [0, 0.1) is 32.5 Å². The molecule has 2 heteroatoms. The molecule has 0 aromatic heterocycles. The SMILES string of the molecule is CC(C)(C)C1=C(O)C=CC(CC2(C(C)(C)C)C=CC(O)=C(C(C)(C)C)C2)(C(C)(C)C)C1. The summed E-state index contributed by atoms with van der Waals surface area (Å²) < 4.78 is 0. The lowest BCUT2D eigenvalue weighted by Gasteiger charge is -2.56. The molecule has 0 aromatic rings. The number of rotatable bonds is 2. The third kappa shape index (κ3) is 4.83. The first kappa shape index (κ1) is 25.8. The van der Waals surface area contributed by atoms with Crippen molar-refractivity contribution >= 4 is 0 Å². The van der Waals surface area contributed by atoms with E-state index >= 15 is 0 Å². The second kappa shape index (κ2) is 7.56. The van der Waals surface area contributed by atoms with E-state index in [4.69, 9.17) is 0 Å². The van der Waals surface area contributed by atoms with Crippen LogP contribution in [0.15, 0.2) is 47.0 Å². The fourth-order valence-electron chi connectivity index (χ4n) is 5.27. The van der Waals surface area contributed by atoms with Gasteiger partial charge >= 0.3 is 0 Å². The van der Waals surface area contributed by atoms with Gasteiger partial charge in [0.05, 0.1) is 0 Å². The van der Waals surface area contributed by atoms with Gasteiger partial charge in [0.1, 0.15) is 11.5 Å². The molecule has 0 aromatic carbocycles. The van der Waals surface area contributed by atoms with Crippen molar-refractivity contribution in [1.29, 1.82) is 0 Å². The minimum atomic E-state index is -0.102. The lowest BCUT2D eigenvalue weighted by molar-refractivity contribution is 0.0160. The van der Waals surface area contributed by atoms with E-state index in [-0.39, 0.29) is 32.5 Å². The molecule has 31 heavy (non-hydrogen) atoms. The van der Waals surface area contributed by atoms with Crippen molar-refractivity contribution in [2.24, 2.45) is 32.5 Å². The highest BCUT2D eigenvalue weighted by atomic mass is 16.3. The third-order valence-corrected chi connectivity index (χ3v) is 8.15. The predicted molar refractivity (Wildman–Crippen MR) is 134 cm³/mol. The molecule has 2 rings (SSSR count). The molecule has 0 spiro atoms. The Hall–Kier alpha value is -1.44. The Balaban J connectivity index is 2.66. The normalized spacial score (nSPS) is 28.5. The summed E-state index contributed by atoms with van der Waals surface area (Å²) in [6.45, 7) is 27.2. The second-order valence-electron chi connectivity index (χ2n) is 14.2. The van der Waals surface area contributed by atoms with Gasteiger partial charge in [0.2, 0.25) is 0 Å². The van der Waals surface area contributed by atoms with Gasteiger partial charge in [-0.15, -0.1) is 0 Å². The van der Waals surface area contributed by atoms with Crippen molar-refractivity contribution in [2.45, 2.75) is 102 Å². The summed E-state index contributed by atoms with van der Waals surface area (Å²) in [7, 11) is 0. The summed E-state index contributed by atoms with van der Waals surface area (Å²) >= 11 is 0. The third-order valence-electron chi connectivity index (χ3n) is 8.15. The Morgan fingerprint density at radius 2 is 0.903 bits per heavy atom. The van der Waals surface area contributed by atoms with Gasteiger partial charge in [-0.1, -0.05) is 95.2 Å². The zero-order chi connectivity index (χ0) is 24.3. The monoisotopic (exact) mass is 428 g/mol. The summed E-state index contributed by atoms with van der Waals surface area (Å²) in [5.74, 6) is 0.869. The Morgan fingerprint density at radius 1 is 0.613 bits per heavy atom. The largest absolute Gasteiger partial charge is 0.508 e. The van der Waals surface area contributed by atoms with Crippen molar-refractivity contribution < 1.29 is 10.2 Å². The number of hydrogen-bond donors (Lipinski definition) is 2. The first-order chi connectivity index (χ1) is 13.7. The quantitative estimate of drug-likeness (QED) is 0.460. The summed E-state index contributed by atoms with van der Waals surface area (Å²) in [6.07, 6.45) is 11.2. The molecule has 0 heterocycles. The molecule has 0 bridgehead atoms. The topological polar surface area (TPSA) is 40.5 Å². The second-order valence-corrected chi connectivity index (χ2v) is 14.2. The van der Waals surface area contributed by atoms with Gasteiger partial charge < -0.3 is 10.2 Å². The summed E-state index contributed by atoms with van der Waals surface area (Å²) in [5.41, 5.74) is 1.93. The van der Waals surface area contributed by atoms with E-state index in [0.29, 0.717) is 11.5 Å². The molecular weight excluding hydrogens is 380 g/mol. The molecule has 0 saturated heterocycles. The molecule has 2 aliphatic rings. The summed E-state index contributed by atoms with van der Waals surface area (Å²) in [6, 6.07) is 0. The minimum absolute atomic E-state index is 0.0118. The van der Waals surface area contributed by atoms with Crippen molar-refractivity contribution in [3.05, 3.63) is 47.0 Å². The molecule has 176 valence electrons. The van der Waals surface area contributed by atoms with Crippen LogP contribution in [0.1, 0.15) is 102 Å². The molecular formula is C29H48O2. The van der Waals surface area contributed by atoms with Crippen molar-refractivity contribution in [3.8, 4) is 0 Å². The molecule has 2 aliphatic carbocycles. The van der Waals surface area contributed by atoms with Gasteiger partial charge in [-0.2, -0.15) is 0 Å². The van der Waals surface area contributed by atoms with Crippen LogP contribution < -0.4 is 0 Å². The lowest BCUT2D eigenvalue weighted by atomic mass is 9.48. The zero-order valence-corrected chi connectivity index (χ0v) is 22.3. The highest BCUT2D eigenvalue weighted by Gasteiger charge is 2.53. The Morgan fingerprint density at radius 3 is 1.13 bits per heavy atom. The molecule has 2 unspecified atom stereocenters. The van der Waals surface area contributed by atoms with Crippen LogP contribution >= 0.6 is 0 Å². The first-order valence-corrected chi connectivity index (χ1v) is 11.9. The van der Waals surface area contributed by atoms with Crippen LogP contribution in [0.3, 0.4) is 0 Å². The van der Waals surface area contributed by atoms with E-state index < -0.39 is 0 Å². The minimum Gasteiger partial charge on any atom is -0.508 e. The number of hydrogen-bond acceptors (Lipinski definition) is 2. The zero-order valence-electron chi connectivity index (χ0n) is 22.3. The van der Waals surface area contributed by atoms with Crippen molar-refractivity contribution in [1.82, 2.24) is 0 Å². The smallest absolute Gasteiger partial charge is 0.115 e. The van der Waals surface area contributed by atoms with Crippen LogP contribution in [0.2, 0.25) is 0 Å². The lowest BCUT2D eigenvalue weighted by Crippen LogP contribution is -2.47. The maximum absolute atomic E-state index is 10.8. The van der Waals surface area contributed by atoms with Crippen LogP contribution in [-0.2, 0) is 0 Å². The number of aliphatic hydroxyl groups is 2. The predicted octanol–water partition coefficient (Wildman–Crippen LogP) is 9.08. The van der Waals surface area contributed by atoms with E-state index in [1.807, 2.05) is 12.2 Å². The molecule has 0 saturated carbocycles. The Kier molecular flexibility index (Phi) is 6.30. The van der Waals surface area contributed by atoms with E-state index in [2.05, 4.69) is 95.2 Å². The highest BCUT2D eigenvalue weighted by Crippen LogP contribution is 2.62. The Labute approximate surface area is 192 Å². The molecule has 2 nitrogen and oxygen atoms in total. The number of allylic oxidation sites excluding steroid dienone is 6. The van der Waals surface area contributed by atoms with Crippen LogP contribution in [0.4, 0.5) is 0 Å². The Bertz CT molecular complexity index is 752. The van der Waals surface area contributed by atoms with E-state index in [9.17, 15) is 10.2 Å². The maximum atomic E-state index is 10.8. The summed E-state index contributed by atoms with van der Waals surface area (Å²) in [4.78, 5) is 0. The average Bonchev–Trinajstić information content (AvgIpc) is 2.54. The van der Waals surface area contributed by atoms with Gasteiger partial charge in [0.15, 0.2) is 0 Å². The average molecular weight is 429 g/mol. The number of aliphatic hydroxyl groups excluding tert-OH is 2. The maximum Gasteiger partial charge on any atom is 0.115 e. The fraction of sp³-hybridized carbons (Fsp3) is 0.724. The van der Waals surface area contributed by atoms with Gasteiger partial charge in [0.25, 0.3) is 0 Å². The van der Waals surface area contributed by atoms with E-state index in [0.717, 1.165) is 30.4 Å². The molecule has 0 fully saturated rings. The first-order valence-electron chi connectivity index (χ1n) is 11.9. The van der Waals surface area contributed by atoms with Crippen LogP contribution in [0.5, 0.6) is 0 Å². The van der Waals surface area contributed by atoms with Crippen molar-refractivity contribution in [3.63, 3.8) is 0 Å². The van der Waals surface area contributed by atoms with Crippen LogP contribution in [0.25, 0.3) is 0 Å². The van der Waals surface area contributed by atoms with E-state index in [1.54, 1.807) is 0 Å². The van der Waals surface area contributed by atoms with E-state index in [1.165, 1.54) is 0 Å². The van der Waals surface area contributed by atoms with Gasteiger partial charge in [0, 0.05) is 0 Å². The summed E-state index contributed by atoms with van der Waals surface area (Å²) in [5, 5.41) is 21.5. The molecule has 0 amide bonds.